The molecule has 23 heavy (non-hydrogen) atoms. The van der Waals surface area contributed by atoms with Crippen LogP contribution in [0.4, 0.5) is 5.69 Å². The highest BCUT2D eigenvalue weighted by atomic mass is 16.5. The molecule has 6 nitrogen and oxygen atoms in total. The van der Waals surface area contributed by atoms with Gasteiger partial charge >= 0.3 is 0 Å². The van der Waals surface area contributed by atoms with Crippen molar-refractivity contribution in [1.82, 2.24) is 4.57 Å². The van der Waals surface area contributed by atoms with Crippen LogP contribution < -0.4 is 19.9 Å². The Labute approximate surface area is 135 Å². The zero-order valence-electron chi connectivity index (χ0n) is 14.0. The predicted octanol–water partition coefficient (Wildman–Crippen LogP) is 2.32. The molecule has 2 rings (SSSR count). The number of aryl methyl sites for hydroxylation is 1. The summed E-state index contributed by atoms with van der Waals surface area (Å²) in [5.41, 5.74) is 1.30. The molecule has 124 valence electrons. The van der Waals surface area contributed by atoms with E-state index < -0.39 is 5.56 Å². The van der Waals surface area contributed by atoms with E-state index in [1.165, 1.54) is 4.57 Å². The Balaban J connectivity index is 2.70. The van der Waals surface area contributed by atoms with Gasteiger partial charge in [-0.3, -0.25) is 9.59 Å². The number of carbonyl (C=O) groups is 1. The highest BCUT2D eigenvalue weighted by molar-refractivity contribution is 5.90. The van der Waals surface area contributed by atoms with Crippen LogP contribution in [0.15, 0.2) is 23.0 Å². The summed E-state index contributed by atoms with van der Waals surface area (Å²) in [5.74, 6) is 0.262. The van der Waals surface area contributed by atoms with Crippen molar-refractivity contribution >= 4 is 23.1 Å². The normalized spacial score (nSPS) is 10.6. The van der Waals surface area contributed by atoms with Crippen molar-refractivity contribution in [2.75, 3.05) is 25.6 Å². The second kappa shape index (κ2) is 7.17. The van der Waals surface area contributed by atoms with E-state index in [1.54, 1.807) is 7.05 Å². The van der Waals surface area contributed by atoms with E-state index >= 15 is 0 Å². The first-order chi connectivity index (χ1) is 11.0. The summed E-state index contributed by atoms with van der Waals surface area (Å²) in [4.78, 5) is 25.2. The first-order valence-electron chi connectivity index (χ1n) is 7.58. The van der Waals surface area contributed by atoms with Gasteiger partial charge in [0.25, 0.3) is 12.0 Å². The maximum absolute atomic E-state index is 12.5. The van der Waals surface area contributed by atoms with Gasteiger partial charge in [0.2, 0.25) is 5.75 Å². The standard InChI is InChI=1S/C17H22N2O4/c1-5-6-9-22-15-13-8-7-12(18(2)3)10-14(13)19(4)17(21)16(15)23-11-20/h7-8,10-11H,5-6,9H2,1-4H3. The lowest BCUT2D eigenvalue weighted by molar-refractivity contribution is -0.120. The number of unbranched alkanes of at least 4 members (excludes halogenated alkanes) is 1. The average Bonchev–Trinajstić information content (AvgIpc) is 2.54. The quantitative estimate of drug-likeness (QED) is 0.579. The lowest BCUT2D eigenvalue weighted by atomic mass is 10.1. The maximum atomic E-state index is 12.5. The number of hydrogen-bond acceptors (Lipinski definition) is 5. The summed E-state index contributed by atoms with van der Waals surface area (Å²) in [7, 11) is 5.52. The molecule has 2 aromatic rings. The summed E-state index contributed by atoms with van der Waals surface area (Å²) in [6.45, 7) is 2.77. The van der Waals surface area contributed by atoms with Crippen molar-refractivity contribution < 1.29 is 14.3 Å². The molecule has 0 fully saturated rings. The minimum absolute atomic E-state index is 0.0660. The van der Waals surface area contributed by atoms with E-state index in [0.717, 1.165) is 29.4 Å². The van der Waals surface area contributed by atoms with E-state index in [2.05, 4.69) is 6.92 Å². The summed E-state index contributed by atoms with van der Waals surface area (Å²) < 4.78 is 12.2. The summed E-state index contributed by atoms with van der Waals surface area (Å²) in [5, 5.41) is 0.741. The van der Waals surface area contributed by atoms with Gasteiger partial charge < -0.3 is 18.9 Å². The van der Waals surface area contributed by atoms with Gasteiger partial charge in [0.15, 0.2) is 5.75 Å². The minimum Gasteiger partial charge on any atom is -0.489 e. The topological polar surface area (TPSA) is 60.8 Å². The van der Waals surface area contributed by atoms with Crippen LogP contribution in [0.5, 0.6) is 11.5 Å². The van der Waals surface area contributed by atoms with Crippen molar-refractivity contribution in [3.05, 3.63) is 28.6 Å². The van der Waals surface area contributed by atoms with Crippen LogP contribution in [0.3, 0.4) is 0 Å². The highest BCUT2D eigenvalue weighted by Gasteiger charge is 2.19. The number of hydrogen-bond donors (Lipinski definition) is 0. The molecule has 0 bridgehead atoms. The smallest absolute Gasteiger partial charge is 0.298 e. The molecular weight excluding hydrogens is 296 g/mol. The molecule has 0 radical (unpaired) electrons. The number of nitrogens with zero attached hydrogens (tertiary/aromatic N) is 2. The molecule has 0 N–H and O–H groups in total. The third-order valence-corrected chi connectivity index (χ3v) is 3.72. The SMILES string of the molecule is CCCCOc1c(OC=O)c(=O)n(C)c2cc(N(C)C)ccc12. The van der Waals surface area contributed by atoms with Crippen molar-refractivity contribution in [1.29, 1.82) is 0 Å². The molecule has 0 saturated heterocycles. The van der Waals surface area contributed by atoms with Gasteiger partial charge in [0, 0.05) is 32.2 Å². The van der Waals surface area contributed by atoms with Gasteiger partial charge in [-0.2, -0.15) is 0 Å². The zero-order valence-corrected chi connectivity index (χ0v) is 14.0. The van der Waals surface area contributed by atoms with Crippen LogP contribution in [-0.4, -0.2) is 31.7 Å². The Morgan fingerprint density at radius 1 is 1.26 bits per heavy atom. The molecule has 1 heterocycles. The summed E-state index contributed by atoms with van der Waals surface area (Å²) in [6.07, 6.45) is 1.82. The molecule has 0 atom stereocenters. The van der Waals surface area contributed by atoms with Gasteiger partial charge in [0.1, 0.15) is 0 Å². The van der Waals surface area contributed by atoms with E-state index in [0.29, 0.717) is 12.4 Å². The average molecular weight is 318 g/mol. The van der Waals surface area contributed by atoms with Crippen molar-refractivity contribution in [3.8, 4) is 11.5 Å². The number of anilines is 1. The molecule has 0 saturated carbocycles. The number of rotatable bonds is 7. The Bertz CT molecular complexity index is 765. The van der Waals surface area contributed by atoms with Crippen molar-refractivity contribution in [2.45, 2.75) is 19.8 Å². The number of pyridine rings is 1. The number of benzene rings is 1. The molecule has 0 amide bonds. The summed E-state index contributed by atoms with van der Waals surface area (Å²) in [6, 6.07) is 5.72. The fourth-order valence-corrected chi connectivity index (χ4v) is 2.36. The molecule has 0 unspecified atom stereocenters. The van der Waals surface area contributed by atoms with Crippen LogP contribution in [0.2, 0.25) is 0 Å². The van der Waals surface area contributed by atoms with E-state index in [-0.39, 0.29) is 12.2 Å². The first-order valence-corrected chi connectivity index (χ1v) is 7.58. The van der Waals surface area contributed by atoms with Gasteiger partial charge in [-0.25, -0.2) is 0 Å². The Kier molecular flexibility index (Phi) is 5.26. The van der Waals surface area contributed by atoms with Crippen LogP contribution in [0.1, 0.15) is 19.8 Å². The Morgan fingerprint density at radius 2 is 2.00 bits per heavy atom. The lowest BCUT2D eigenvalue weighted by Gasteiger charge is -2.18. The number of aromatic nitrogens is 1. The van der Waals surface area contributed by atoms with E-state index in [4.69, 9.17) is 9.47 Å². The molecule has 0 aliphatic heterocycles. The van der Waals surface area contributed by atoms with Crippen molar-refractivity contribution in [2.24, 2.45) is 7.05 Å². The van der Waals surface area contributed by atoms with Gasteiger partial charge in [-0.15, -0.1) is 0 Å². The molecule has 0 aliphatic rings. The monoisotopic (exact) mass is 318 g/mol. The van der Waals surface area contributed by atoms with E-state index in [1.807, 2.05) is 37.2 Å². The maximum Gasteiger partial charge on any atom is 0.298 e. The van der Waals surface area contributed by atoms with E-state index in [9.17, 15) is 9.59 Å². The van der Waals surface area contributed by atoms with Gasteiger partial charge in [-0.05, 0) is 24.6 Å². The predicted molar refractivity (Wildman–Crippen MR) is 90.6 cm³/mol. The number of ether oxygens (including phenoxy) is 2. The second-order valence-corrected chi connectivity index (χ2v) is 5.53. The van der Waals surface area contributed by atoms with Crippen LogP contribution in [0.25, 0.3) is 10.9 Å². The zero-order chi connectivity index (χ0) is 17.0. The lowest BCUT2D eigenvalue weighted by Crippen LogP contribution is -2.21. The largest absolute Gasteiger partial charge is 0.489 e. The third kappa shape index (κ3) is 3.31. The van der Waals surface area contributed by atoms with Crippen molar-refractivity contribution in [3.63, 3.8) is 0 Å². The van der Waals surface area contributed by atoms with Gasteiger partial charge in [-0.1, -0.05) is 13.3 Å². The van der Waals surface area contributed by atoms with Crippen LogP contribution >= 0.6 is 0 Å². The van der Waals surface area contributed by atoms with Crippen LogP contribution in [0, 0.1) is 0 Å². The molecule has 1 aromatic heterocycles. The number of fused-ring (bicyclic) bond motifs is 1. The second-order valence-electron chi connectivity index (χ2n) is 5.53. The molecule has 1 aromatic carbocycles. The fourth-order valence-electron chi connectivity index (χ4n) is 2.36. The number of carbonyl (C=O) groups excluding carboxylic acids is 1. The Hall–Kier alpha value is -2.50. The van der Waals surface area contributed by atoms with Gasteiger partial charge in [0.05, 0.1) is 12.1 Å². The Morgan fingerprint density at radius 3 is 2.61 bits per heavy atom. The summed E-state index contributed by atoms with van der Waals surface area (Å²) >= 11 is 0. The minimum atomic E-state index is -0.396. The van der Waals surface area contributed by atoms with Crippen LogP contribution in [-0.2, 0) is 11.8 Å². The molecule has 0 spiro atoms. The molecular formula is C17H22N2O4. The molecule has 6 heteroatoms. The fraction of sp³-hybridized carbons (Fsp3) is 0.412. The first kappa shape index (κ1) is 16.9. The highest BCUT2D eigenvalue weighted by Crippen LogP contribution is 2.34. The third-order valence-electron chi connectivity index (χ3n) is 3.72. The molecule has 0 aliphatic carbocycles.